The number of nitrogens with one attached hydrogen (secondary N) is 1. The molecule has 0 aliphatic carbocycles. The Bertz CT molecular complexity index is 573. The molecule has 0 atom stereocenters. The van der Waals surface area contributed by atoms with Crippen molar-refractivity contribution in [1.82, 2.24) is 4.72 Å². The third kappa shape index (κ3) is 5.07. The maximum absolute atomic E-state index is 11.9. The summed E-state index contributed by atoms with van der Waals surface area (Å²) in [4.78, 5) is 10.6. The number of amides is 1. The zero-order chi connectivity index (χ0) is 14.3. The van der Waals surface area contributed by atoms with Gasteiger partial charge in [0.15, 0.2) is 0 Å². The van der Waals surface area contributed by atoms with Gasteiger partial charge in [-0.25, -0.2) is 13.1 Å². The number of nitrogens with two attached hydrogens (primary N) is 1. The van der Waals surface area contributed by atoms with Crippen molar-refractivity contribution in [3.63, 3.8) is 0 Å². The van der Waals surface area contributed by atoms with Crippen LogP contribution in [0.3, 0.4) is 0 Å². The number of rotatable bonds is 7. The van der Waals surface area contributed by atoms with Crippen molar-refractivity contribution >= 4 is 15.9 Å². The standard InChI is InChI=1S/C12H15N3O3S/c13-8-7-10-3-5-11(6-4-10)19(17,18)15-9-1-2-12(14)16/h3-6,15H,1-2,7,9H2,(H2,14,16). The number of hydrogen-bond donors (Lipinski definition) is 2. The fourth-order valence-electron chi connectivity index (χ4n) is 1.43. The van der Waals surface area contributed by atoms with E-state index >= 15 is 0 Å². The summed E-state index contributed by atoms with van der Waals surface area (Å²) < 4.78 is 26.1. The summed E-state index contributed by atoms with van der Waals surface area (Å²) in [5.41, 5.74) is 5.72. The summed E-state index contributed by atoms with van der Waals surface area (Å²) in [6, 6.07) is 8.08. The quantitative estimate of drug-likeness (QED) is 0.699. The summed E-state index contributed by atoms with van der Waals surface area (Å²) in [5, 5.41) is 8.52. The highest BCUT2D eigenvalue weighted by Crippen LogP contribution is 2.10. The van der Waals surface area contributed by atoms with Gasteiger partial charge in [0.05, 0.1) is 17.4 Å². The van der Waals surface area contributed by atoms with Crippen LogP contribution in [-0.4, -0.2) is 20.9 Å². The molecule has 0 aromatic heterocycles. The van der Waals surface area contributed by atoms with Gasteiger partial charge in [0.1, 0.15) is 0 Å². The lowest BCUT2D eigenvalue weighted by Gasteiger charge is -2.06. The van der Waals surface area contributed by atoms with Crippen molar-refractivity contribution in [2.45, 2.75) is 24.2 Å². The SMILES string of the molecule is N#CCc1ccc(S(=O)(=O)NCCCC(N)=O)cc1. The summed E-state index contributed by atoms with van der Waals surface area (Å²) in [7, 11) is -3.57. The van der Waals surface area contributed by atoms with Crippen molar-refractivity contribution in [3.05, 3.63) is 29.8 Å². The molecule has 0 saturated heterocycles. The number of nitriles is 1. The first-order valence-corrected chi connectivity index (χ1v) is 7.18. The number of nitrogens with zero attached hydrogens (tertiary/aromatic N) is 1. The highest BCUT2D eigenvalue weighted by atomic mass is 32.2. The van der Waals surface area contributed by atoms with Crippen LogP contribution < -0.4 is 10.5 Å². The Balaban J connectivity index is 2.62. The first-order chi connectivity index (χ1) is 8.95. The highest BCUT2D eigenvalue weighted by molar-refractivity contribution is 7.89. The molecule has 0 saturated carbocycles. The molecule has 102 valence electrons. The van der Waals surface area contributed by atoms with Crippen molar-refractivity contribution in [2.24, 2.45) is 5.73 Å². The first kappa shape index (κ1) is 15.1. The van der Waals surface area contributed by atoms with Gasteiger partial charge in [-0.15, -0.1) is 0 Å². The van der Waals surface area contributed by atoms with Gasteiger partial charge in [-0.1, -0.05) is 12.1 Å². The second-order valence-corrected chi connectivity index (χ2v) is 5.71. The van der Waals surface area contributed by atoms with Gasteiger partial charge in [-0.2, -0.15) is 5.26 Å². The van der Waals surface area contributed by atoms with E-state index in [1.54, 1.807) is 12.1 Å². The molecule has 1 amide bonds. The summed E-state index contributed by atoms with van der Waals surface area (Å²) >= 11 is 0. The summed E-state index contributed by atoms with van der Waals surface area (Å²) in [6.45, 7) is 0.158. The number of benzene rings is 1. The molecule has 7 heteroatoms. The van der Waals surface area contributed by atoms with Crippen LogP contribution in [0.1, 0.15) is 18.4 Å². The lowest BCUT2D eigenvalue weighted by Crippen LogP contribution is -2.25. The average molecular weight is 281 g/mol. The van der Waals surface area contributed by atoms with E-state index in [-0.39, 0.29) is 24.3 Å². The minimum Gasteiger partial charge on any atom is -0.370 e. The molecule has 19 heavy (non-hydrogen) atoms. The highest BCUT2D eigenvalue weighted by Gasteiger charge is 2.12. The van der Waals surface area contributed by atoms with Gasteiger partial charge >= 0.3 is 0 Å². The molecule has 0 aliphatic heterocycles. The Morgan fingerprint density at radius 3 is 2.47 bits per heavy atom. The fraction of sp³-hybridized carbons (Fsp3) is 0.333. The van der Waals surface area contributed by atoms with Crippen molar-refractivity contribution in [2.75, 3.05) is 6.54 Å². The van der Waals surface area contributed by atoms with E-state index in [2.05, 4.69) is 4.72 Å². The first-order valence-electron chi connectivity index (χ1n) is 5.69. The topological polar surface area (TPSA) is 113 Å². The van der Waals surface area contributed by atoms with Crippen LogP contribution in [0.15, 0.2) is 29.2 Å². The van der Waals surface area contributed by atoms with Crippen LogP contribution in [0, 0.1) is 11.3 Å². The Labute approximate surface area is 112 Å². The maximum atomic E-state index is 11.9. The van der Waals surface area contributed by atoms with Gasteiger partial charge in [0.2, 0.25) is 15.9 Å². The molecule has 1 rings (SSSR count). The minimum atomic E-state index is -3.57. The monoisotopic (exact) mass is 281 g/mol. The number of primary amides is 1. The second-order valence-electron chi connectivity index (χ2n) is 3.95. The summed E-state index contributed by atoms with van der Waals surface area (Å²) in [5.74, 6) is -0.458. The van der Waals surface area contributed by atoms with E-state index in [9.17, 15) is 13.2 Å². The van der Waals surface area contributed by atoms with E-state index < -0.39 is 15.9 Å². The molecule has 0 bridgehead atoms. The van der Waals surface area contributed by atoms with Crippen LogP contribution in [0.4, 0.5) is 0 Å². The van der Waals surface area contributed by atoms with Gasteiger partial charge < -0.3 is 5.73 Å². The molecule has 0 aliphatic rings. The smallest absolute Gasteiger partial charge is 0.240 e. The predicted octanol–water partition coefficient (Wildman–Crippen LogP) is 0.296. The van der Waals surface area contributed by atoms with E-state index in [1.807, 2.05) is 6.07 Å². The molecule has 1 aromatic carbocycles. The van der Waals surface area contributed by atoms with Crippen LogP contribution >= 0.6 is 0 Å². The normalized spacial score (nSPS) is 10.9. The zero-order valence-electron chi connectivity index (χ0n) is 10.3. The van der Waals surface area contributed by atoms with Crippen LogP contribution in [0.25, 0.3) is 0 Å². The second kappa shape index (κ2) is 6.87. The molecular formula is C12H15N3O3S. The van der Waals surface area contributed by atoms with Gasteiger partial charge in [-0.3, -0.25) is 4.79 Å². The Morgan fingerprint density at radius 1 is 1.32 bits per heavy atom. The maximum Gasteiger partial charge on any atom is 0.240 e. The molecule has 1 aromatic rings. The Kier molecular flexibility index (Phi) is 5.48. The molecule has 3 N–H and O–H groups in total. The van der Waals surface area contributed by atoms with Crippen molar-refractivity contribution in [1.29, 1.82) is 5.26 Å². The largest absolute Gasteiger partial charge is 0.370 e. The third-order valence-electron chi connectivity index (χ3n) is 2.41. The van der Waals surface area contributed by atoms with Crippen LogP contribution in [-0.2, 0) is 21.2 Å². The molecule has 0 radical (unpaired) electrons. The van der Waals surface area contributed by atoms with Gasteiger partial charge in [0.25, 0.3) is 0 Å². The number of sulfonamides is 1. The molecule has 6 nitrogen and oxygen atoms in total. The van der Waals surface area contributed by atoms with Gasteiger partial charge in [0, 0.05) is 13.0 Å². The molecular weight excluding hydrogens is 266 g/mol. The number of carbonyl (C=O) groups is 1. The Hall–Kier alpha value is -1.91. The minimum absolute atomic E-state index is 0.133. The fourth-order valence-corrected chi connectivity index (χ4v) is 2.50. The number of carbonyl (C=O) groups excluding carboxylic acids is 1. The van der Waals surface area contributed by atoms with E-state index in [0.29, 0.717) is 6.42 Å². The summed E-state index contributed by atoms with van der Waals surface area (Å²) in [6.07, 6.45) is 0.747. The molecule has 0 unspecified atom stereocenters. The average Bonchev–Trinajstić information content (AvgIpc) is 2.36. The van der Waals surface area contributed by atoms with Gasteiger partial charge in [-0.05, 0) is 24.1 Å². The van der Waals surface area contributed by atoms with E-state index in [1.165, 1.54) is 12.1 Å². The number of hydrogen-bond acceptors (Lipinski definition) is 4. The lowest BCUT2D eigenvalue weighted by molar-refractivity contribution is -0.118. The molecule has 0 spiro atoms. The van der Waals surface area contributed by atoms with Crippen molar-refractivity contribution < 1.29 is 13.2 Å². The van der Waals surface area contributed by atoms with E-state index in [0.717, 1.165) is 5.56 Å². The van der Waals surface area contributed by atoms with Crippen LogP contribution in [0.5, 0.6) is 0 Å². The van der Waals surface area contributed by atoms with Crippen molar-refractivity contribution in [3.8, 4) is 6.07 Å². The van der Waals surface area contributed by atoms with Crippen LogP contribution in [0.2, 0.25) is 0 Å². The van der Waals surface area contributed by atoms with E-state index in [4.69, 9.17) is 11.0 Å². The third-order valence-corrected chi connectivity index (χ3v) is 3.89. The molecule has 0 fully saturated rings. The lowest BCUT2D eigenvalue weighted by atomic mass is 10.2. The zero-order valence-corrected chi connectivity index (χ0v) is 11.1. The Morgan fingerprint density at radius 2 is 1.95 bits per heavy atom. The predicted molar refractivity (Wildman–Crippen MR) is 69.4 cm³/mol. The molecule has 0 heterocycles.